The summed E-state index contributed by atoms with van der Waals surface area (Å²) in [4.78, 5) is 0. The van der Waals surface area contributed by atoms with Gasteiger partial charge in [-0.05, 0) is 78.1 Å². The quantitative estimate of drug-likeness (QED) is 0.115. The average molecular weight is 476 g/mol. The van der Waals surface area contributed by atoms with E-state index in [4.69, 9.17) is 0 Å². The summed E-state index contributed by atoms with van der Waals surface area (Å²) < 4.78 is 70.0. The van der Waals surface area contributed by atoms with Gasteiger partial charge in [-0.1, -0.05) is 48.2 Å². The first kappa shape index (κ1) is 24.2. The standard InChI is InChI=1S/C30H21F5/c1-2-3-4-19-5-7-20(8-6-19)9-10-22-16-26(31)25(27(32)17-22)14-12-21-11-13-24-23(15-21)18-28(33)30(35)29(24)34/h2,5-8,11,13,15-18H,1,3-4,9-10H2. The molecule has 0 nitrogen and oxygen atoms in total. The Morgan fingerprint density at radius 1 is 0.629 bits per heavy atom. The molecule has 0 unspecified atom stereocenters. The zero-order chi connectivity index (χ0) is 24.9. The topological polar surface area (TPSA) is 0 Å². The molecule has 0 atom stereocenters. The Morgan fingerprint density at radius 2 is 1.26 bits per heavy atom. The van der Waals surface area contributed by atoms with Crippen LogP contribution < -0.4 is 0 Å². The van der Waals surface area contributed by atoms with Crippen LogP contribution in [0.5, 0.6) is 0 Å². The molecule has 0 radical (unpaired) electrons. The van der Waals surface area contributed by atoms with Crippen LogP contribution in [0.3, 0.4) is 0 Å². The third kappa shape index (κ3) is 5.60. The fraction of sp³-hybridized carbons (Fsp3) is 0.133. The first-order valence-corrected chi connectivity index (χ1v) is 11.1. The second kappa shape index (κ2) is 10.6. The van der Waals surface area contributed by atoms with Gasteiger partial charge < -0.3 is 0 Å². The second-order valence-electron chi connectivity index (χ2n) is 8.25. The van der Waals surface area contributed by atoms with Crippen LogP contribution in [-0.4, -0.2) is 0 Å². The number of halogens is 5. The van der Waals surface area contributed by atoms with Crippen molar-refractivity contribution < 1.29 is 22.0 Å². The van der Waals surface area contributed by atoms with Crippen molar-refractivity contribution in [3.8, 4) is 11.8 Å². The highest BCUT2D eigenvalue weighted by Crippen LogP contribution is 2.24. The Morgan fingerprint density at radius 3 is 1.91 bits per heavy atom. The Bertz CT molecular complexity index is 1430. The number of aryl methyl sites for hydroxylation is 3. The summed E-state index contributed by atoms with van der Waals surface area (Å²) in [5, 5.41) is -0.0132. The summed E-state index contributed by atoms with van der Waals surface area (Å²) >= 11 is 0. The van der Waals surface area contributed by atoms with Crippen molar-refractivity contribution >= 4 is 10.8 Å². The summed E-state index contributed by atoms with van der Waals surface area (Å²) in [5.41, 5.74) is 2.68. The van der Waals surface area contributed by atoms with Gasteiger partial charge in [-0.2, -0.15) is 0 Å². The minimum Gasteiger partial charge on any atom is -0.206 e. The monoisotopic (exact) mass is 476 g/mol. The molecule has 0 saturated heterocycles. The predicted molar refractivity (Wildman–Crippen MR) is 129 cm³/mol. The smallest absolute Gasteiger partial charge is 0.195 e. The van der Waals surface area contributed by atoms with Gasteiger partial charge in [0.2, 0.25) is 0 Å². The van der Waals surface area contributed by atoms with Gasteiger partial charge in [0.15, 0.2) is 17.5 Å². The van der Waals surface area contributed by atoms with Gasteiger partial charge >= 0.3 is 0 Å². The van der Waals surface area contributed by atoms with E-state index in [9.17, 15) is 22.0 Å². The summed E-state index contributed by atoms with van der Waals surface area (Å²) in [6.07, 6.45) is 4.80. The number of hydrogen-bond donors (Lipinski definition) is 0. The van der Waals surface area contributed by atoms with Crippen molar-refractivity contribution in [3.05, 3.63) is 130 Å². The van der Waals surface area contributed by atoms with Gasteiger partial charge in [-0.3, -0.25) is 0 Å². The molecule has 35 heavy (non-hydrogen) atoms. The minimum atomic E-state index is -1.55. The molecule has 4 rings (SSSR count). The van der Waals surface area contributed by atoms with Crippen LogP contribution in [0.1, 0.15) is 34.2 Å². The lowest BCUT2D eigenvalue weighted by Crippen LogP contribution is -1.98. The van der Waals surface area contributed by atoms with Crippen molar-refractivity contribution in [2.24, 2.45) is 0 Å². The van der Waals surface area contributed by atoms with Gasteiger partial charge in [0.25, 0.3) is 0 Å². The third-order valence-corrected chi connectivity index (χ3v) is 5.77. The van der Waals surface area contributed by atoms with Crippen molar-refractivity contribution in [2.75, 3.05) is 0 Å². The molecule has 0 heterocycles. The molecule has 0 N–H and O–H groups in total. The molecule has 0 fully saturated rings. The van der Waals surface area contributed by atoms with Gasteiger partial charge in [0.1, 0.15) is 11.6 Å². The largest absolute Gasteiger partial charge is 0.206 e. The summed E-state index contributed by atoms with van der Waals surface area (Å²) in [7, 11) is 0. The molecule has 0 aliphatic rings. The first-order chi connectivity index (χ1) is 16.9. The molecule has 0 aliphatic carbocycles. The Balaban J connectivity index is 1.50. The molecule has 0 saturated carbocycles. The van der Waals surface area contributed by atoms with Crippen molar-refractivity contribution in [2.45, 2.75) is 25.7 Å². The SMILES string of the molecule is C=CCCc1ccc(CCc2cc(F)c(C#Cc3ccc4c(F)c(F)c(F)cc4c3)c(F)c2)cc1. The van der Waals surface area contributed by atoms with Gasteiger partial charge in [-0.25, -0.2) is 22.0 Å². The van der Waals surface area contributed by atoms with Crippen LogP contribution in [0.2, 0.25) is 0 Å². The van der Waals surface area contributed by atoms with Crippen LogP contribution in [0.25, 0.3) is 10.8 Å². The number of allylic oxidation sites excluding steroid dienone is 1. The Hall–Kier alpha value is -3.91. The van der Waals surface area contributed by atoms with E-state index in [0.717, 1.165) is 24.5 Å². The zero-order valence-corrected chi connectivity index (χ0v) is 18.8. The predicted octanol–water partition coefficient (Wildman–Crippen LogP) is 7.84. The van der Waals surface area contributed by atoms with E-state index in [1.807, 2.05) is 30.3 Å². The van der Waals surface area contributed by atoms with E-state index in [2.05, 4.69) is 18.4 Å². The maximum Gasteiger partial charge on any atom is 0.195 e. The van der Waals surface area contributed by atoms with Crippen LogP contribution in [-0.2, 0) is 19.3 Å². The van der Waals surface area contributed by atoms with E-state index in [-0.39, 0.29) is 16.3 Å². The van der Waals surface area contributed by atoms with Gasteiger partial charge in [0, 0.05) is 10.9 Å². The average Bonchev–Trinajstić information content (AvgIpc) is 2.85. The lowest BCUT2D eigenvalue weighted by Gasteiger charge is -2.06. The summed E-state index contributed by atoms with van der Waals surface area (Å²) in [6, 6.07) is 15.5. The highest BCUT2D eigenvalue weighted by Gasteiger charge is 2.14. The lowest BCUT2D eigenvalue weighted by molar-refractivity contribution is 0.453. The lowest BCUT2D eigenvalue weighted by atomic mass is 10.0. The van der Waals surface area contributed by atoms with E-state index < -0.39 is 34.6 Å². The van der Waals surface area contributed by atoms with E-state index >= 15 is 0 Å². The van der Waals surface area contributed by atoms with Crippen LogP contribution >= 0.6 is 0 Å². The molecule has 5 heteroatoms. The maximum absolute atomic E-state index is 14.6. The van der Waals surface area contributed by atoms with Crippen LogP contribution in [0.15, 0.2) is 73.3 Å². The van der Waals surface area contributed by atoms with Gasteiger partial charge in [0.05, 0.1) is 5.56 Å². The van der Waals surface area contributed by atoms with E-state index in [0.29, 0.717) is 18.4 Å². The molecule has 4 aromatic carbocycles. The molecule has 0 aromatic heterocycles. The number of hydrogen-bond acceptors (Lipinski definition) is 0. The van der Waals surface area contributed by atoms with Crippen molar-refractivity contribution in [1.82, 2.24) is 0 Å². The van der Waals surface area contributed by atoms with E-state index in [1.165, 1.54) is 35.9 Å². The highest BCUT2D eigenvalue weighted by molar-refractivity contribution is 5.84. The second-order valence-corrected chi connectivity index (χ2v) is 8.25. The number of benzene rings is 4. The number of rotatable bonds is 6. The molecule has 0 aliphatic heterocycles. The van der Waals surface area contributed by atoms with Crippen molar-refractivity contribution in [3.63, 3.8) is 0 Å². The normalized spacial score (nSPS) is 10.8. The highest BCUT2D eigenvalue weighted by atomic mass is 19.2. The van der Waals surface area contributed by atoms with Gasteiger partial charge in [-0.15, -0.1) is 6.58 Å². The molecule has 4 aromatic rings. The van der Waals surface area contributed by atoms with Crippen LogP contribution in [0, 0.1) is 40.9 Å². The Labute approximate surface area is 200 Å². The molecule has 0 spiro atoms. The first-order valence-electron chi connectivity index (χ1n) is 11.1. The molecule has 0 amide bonds. The molecular formula is C30H21F5. The summed E-state index contributed by atoms with van der Waals surface area (Å²) in [5.74, 6) is -0.674. The van der Waals surface area contributed by atoms with E-state index in [1.54, 1.807) is 0 Å². The number of fused-ring (bicyclic) bond motifs is 1. The van der Waals surface area contributed by atoms with Crippen LogP contribution in [0.4, 0.5) is 22.0 Å². The van der Waals surface area contributed by atoms with Crippen molar-refractivity contribution in [1.29, 1.82) is 0 Å². The fourth-order valence-corrected chi connectivity index (χ4v) is 3.84. The third-order valence-electron chi connectivity index (χ3n) is 5.77. The maximum atomic E-state index is 14.6. The summed E-state index contributed by atoms with van der Waals surface area (Å²) in [6.45, 7) is 3.72. The molecular weight excluding hydrogens is 455 g/mol. The molecule has 176 valence electrons. The minimum absolute atomic E-state index is 0.0956. The fourth-order valence-electron chi connectivity index (χ4n) is 3.84. The Kier molecular flexibility index (Phi) is 7.31. The molecule has 0 bridgehead atoms. The zero-order valence-electron chi connectivity index (χ0n) is 18.8.